The Labute approximate surface area is 114 Å². The molecular weight excluding hydrogens is 240 g/mol. The topological polar surface area (TPSA) is 17.1 Å². The molecule has 2 rings (SSSR count). The summed E-state index contributed by atoms with van der Waals surface area (Å²) in [5, 5.41) is 0.445. The molecule has 0 saturated carbocycles. The van der Waals surface area contributed by atoms with Crippen molar-refractivity contribution in [2.24, 2.45) is 5.41 Å². The van der Waals surface area contributed by atoms with Crippen LogP contribution >= 0.6 is 11.8 Å². The average Bonchev–Trinajstić information content (AvgIpc) is 2.34. The Hall–Kier alpha value is -1.02. The Kier molecular flexibility index (Phi) is 3.96. The molecule has 1 aliphatic carbocycles. The molecule has 1 nitrogen and oxygen atoms in total. The molecule has 1 aromatic carbocycles. The summed E-state index contributed by atoms with van der Waals surface area (Å²) in [6.45, 7) is 6.46. The fraction of sp³-hybridized carbons (Fsp3) is 0.438. The van der Waals surface area contributed by atoms with Crippen LogP contribution < -0.4 is 0 Å². The lowest BCUT2D eigenvalue weighted by Crippen LogP contribution is -2.27. The van der Waals surface area contributed by atoms with E-state index in [1.807, 2.05) is 17.8 Å². The predicted molar refractivity (Wildman–Crippen MR) is 77.9 cm³/mol. The van der Waals surface area contributed by atoms with Crippen LogP contribution in [0.4, 0.5) is 0 Å². The Morgan fingerprint density at radius 1 is 1.28 bits per heavy atom. The zero-order valence-corrected chi connectivity index (χ0v) is 12.1. The number of carbonyl (C=O) groups excluding carboxylic acids is 1. The van der Waals surface area contributed by atoms with Gasteiger partial charge < -0.3 is 0 Å². The van der Waals surface area contributed by atoms with Crippen LogP contribution in [0.1, 0.15) is 33.6 Å². The fourth-order valence-corrected chi connectivity index (χ4v) is 3.80. The van der Waals surface area contributed by atoms with E-state index in [9.17, 15) is 4.79 Å². The highest BCUT2D eigenvalue weighted by Crippen LogP contribution is 2.44. The van der Waals surface area contributed by atoms with Gasteiger partial charge in [0.1, 0.15) is 6.29 Å². The first kappa shape index (κ1) is 13.4. The van der Waals surface area contributed by atoms with E-state index in [0.29, 0.717) is 5.25 Å². The second-order valence-electron chi connectivity index (χ2n) is 5.56. The van der Waals surface area contributed by atoms with Gasteiger partial charge in [0.25, 0.3) is 0 Å². The largest absolute Gasteiger partial charge is 0.298 e. The molecular formula is C16H20OS. The highest BCUT2D eigenvalue weighted by Gasteiger charge is 2.33. The van der Waals surface area contributed by atoms with E-state index in [1.54, 1.807) is 0 Å². The molecule has 0 aromatic heterocycles. The Bertz CT molecular complexity index is 459. The summed E-state index contributed by atoms with van der Waals surface area (Å²) < 4.78 is 0. The van der Waals surface area contributed by atoms with Crippen molar-refractivity contribution in [3.63, 3.8) is 0 Å². The maximum atomic E-state index is 11.3. The molecule has 0 radical (unpaired) electrons. The van der Waals surface area contributed by atoms with Gasteiger partial charge >= 0.3 is 0 Å². The zero-order valence-electron chi connectivity index (χ0n) is 11.3. The molecule has 1 aliphatic rings. The first-order valence-corrected chi connectivity index (χ1v) is 7.31. The van der Waals surface area contributed by atoms with Crippen molar-refractivity contribution in [1.29, 1.82) is 0 Å². The number of hydrogen-bond acceptors (Lipinski definition) is 2. The SMILES string of the molecule is CC1=C(C=O)C(C)(C)CCC1Sc1ccccc1. The van der Waals surface area contributed by atoms with Gasteiger partial charge in [-0.3, -0.25) is 4.79 Å². The maximum absolute atomic E-state index is 11.3. The molecule has 0 bridgehead atoms. The van der Waals surface area contributed by atoms with Crippen LogP contribution in [0.2, 0.25) is 0 Å². The third kappa shape index (κ3) is 2.69. The highest BCUT2D eigenvalue weighted by molar-refractivity contribution is 8.00. The summed E-state index contributed by atoms with van der Waals surface area (Å²) in [7, 11) is 0. The lowest BCUT2D eigenvalue weighted by atomic mass is 9.73. The summed E-state index contributed by atoms with van der Waals surface area (Å²) in [4.78, 5) is 12.6. The summed E-state index contributed by atoms with van der Waals surface area (Å²) in [5.74, 6) is 0. The molecule has 18 heavy (non-hydrogen) atoms. The van der Waals surface area contributed by atoms with Crippen LogP contribution in [-0.2, 0) is 4.79 Å². The van der Waals surface area contributed by atoms with Gasteiger partial charge in [0.15, 0.2) is 0 Å². The minimum atomic E-state index is 0.0413. The van der Waals surface area contributed by atoms with Crippen molar-refractivity contribution in [2.45, 2.75) is 43.8 Å². The average molecular weight is 260 g/mol. The Morgan fingerprint density at radius 2 is 1.94 bits per heavy atom. The number of thioether (sulfide) groups is 1. The van der Waals surface area contributed by atoms with Gasteiger partial charge in [-0.1, -0.05) is 37.6 Å². The van der Waals surface area contributed by atoms with Crippen molar-refractivity contribution in [1.82, 2.24) is 0 Å². The molecule has 1 atom stereocenters. The molecule has 0 amide bonds. The van der Waals surface area contributed by atoms with Crippen molar-refractivity contribution in [2.75, 3.05) is 0 Å². The van der Waals surface area contributed by atoms with Gasteiger partial charge in [-0.05, 0) is 42.9 Å². The van der Waals surface area contributed by atoms with Gasteiger partial charge in [-0.25, -0.2) is 0 Å². The number of allylic oxidation sites excluding steroid dienone is 1. The smallest absolute Gasteiger partial charge is 0.146 e. The number of hydrogen-bond donors (Lipinski definition) is 0. The molecule has 0 heterocycles. The molecule has 1 aromatic rings. The van der Waals surface area contributed by atoms with Gasteiger partial charge in [0.2, 0.25) is 0 Å². The lowest BCUT2D eigenvalue weighted by molar-refractivity contribution is -0.105. The first-order valence-electron chi connectivity index (χ1n) is 6.43. The fourth-order valence-electron chi connectivity index (χ4n) is 2.61. The van der Waals surface area contributed by atoms with E-state index >= 15 is 0 Å². The van der Waals surface area contributed by atoms with E-state index in [4.69, 9.17) is 0 Å². The minimum Gasteiger partial charge on any atom is -0.298 e. The standard InChI is InChI=1S/C16H20OS/c1-12-14(11-17)16(2,3)10-9-15(12)18-13-7-5-4-6-8-13/h4-8,11,15H,9-10H2,1-3H3. The van der Waals surface area contributed by atoms with E-state index in [0.717, 1.165) is 24.7 Å². The molecule has 96 valence electrons. The summed E-state index contributed by atoms with van der Waals surface area (Å²) in [6, 6.07) is 10.4. The Morgan fingerprint density at radius 3 is 2.56 bits per heavy atom. The van der Waals surface area contributed by atoms with E-state index in [1.165, 1.54) is 10.5 Å². The molecule has 0 aliphatic heterocycles. The van der Waals surface area contributed by atoms with Gasteiger partial charge in [0.05, 0.1) is 0 Å². The van der Waals surface area contributed by atoms with Crippen LogP contribution in [-0.4, -0.2) is 11.5 Å². The van der Waals surface area contributed by atoms with Crippen molar-refractivity contribution >= 4 is 18.0 Å². The normalized spacial score (nSPS) is 22.9. The summed E-state index contributed by atoms with van der Waals surface area (Å²) >= 11 is 1.88. The summed E-state index contributed by atoms with van der Waals surface area (Å²) in [6.07, 6.45) is 3.30. The van der Waals surface area contributed by atoms with Gasteiger partial charge in [-0.2, -0.15) is 0 Å². The second-order valence-corrected chi connectivity index (χ2v) is 6.83. The van der Waals surface area contributed by atoms with Crippen molar-refractivity contribution in [3.8, 4) is 0 Å². The van der Waals surface area contributed by atoms with Crippen molar-refractivity contribution < 1.29 is 4.79 Å². The number of rotatable bonds is 3. The van der Waals surface area contributed by atoms with Gasteiger partial charge in [-0.15, -0.1) is 11.8 Å². The summed E-state index contributed by atoms with van der Waals surface area (Å²) in [5.41, 5.74) is 2.30. The minimum absolute atomic E-state index is 0.0413. The monoisotopic (exact) mass is 260 g/mol. The zero-order chi connectivity index (χ0) is 13.2. The number of carbonyl (C=O) groups is 1. The molecule has 0 saturated heterocycles. The van der Waals surface area contributed by atoms with Crippen molar-refractivity contribution in [3.05, 3.63) is 41.5 Å². The predicted octanol–water partition coefficient (Wildman–Crippen LogP) is 4.48. The third-order valence-corrected chi connectivity index (χ3v) is 5.23. The van der Waals surface area contributed by atoms with Gasteiger partial charge in [0, 0.05) is 10.1 Å². The molecule has 1 unspecified atom stereocenters. The van der Waals surface area contributed by atoms with E-state index < -0.39 is 0 Å². The van der Waals surface area contributed by atoms with Crippen LogP contribution in [0.5, 0.6) is 0 Å². The van der Waals surface area contributed by atoms with E-state index in [2.05, 4.69) is 45.0 Å². The molecule has 2 heteroatoms. The van der Waals surface area contributed by atoms with E-state index in [-0.39, 0.29) is 5.41 Å². The molecule has 0 fully saturated rings. The van der Waals surface area contributed by atoms with Crippen LogP contribution in [0.25, 0.3) is 0 Å². The first-order chi connectivity index (χ1) is 8.54. The molecule has 0 spiro atoms. The molecule has 0 N–H and O–H groups in total. The Balaban J connectivity index is 2.24. The number of aldehydes is 1. The quantitative estimate of drug-likeness (QED) is 0.745. The lowest BCUT2D eigenvalue weighted by Gasteiger charge is -2.35. The highest BCUT2D eigenvalue weighted by atomic mass is 32.2. The third-order valence-electron chi connectivity index (χ3n) is 3.81. The van der Waals surface area contributed by atoms with Crippen LogP contribution in [0.3, 0.4) is 0 Å². The maximum Gasteiger partial charge on any atom is 0.146 e. The van der Waals surface area contributed by atoms with Crippen LogP contribution in [0.15, 0.2) is 46.4 Å². The number of benzene rings is 1. The van der Waals surface area contributed by atoms with Crippen LogP contribution in [0, 0.1) is 5.41 Å². The second kappa shape index (κ2) is 5.31.